The van der Waals surface area contributed by atoms with Crippen molar-refractivity contribution in [3.63, 3.8) is 0 Å². The highest BCUT2D eigenvalue weighted by Gasteiger charge is 2.37. The lowest BCUT2D eigenvalue weighted by Gasteiger charge is -2.34. The Labute approximate surface area is 70.1 Å². The fourth-order valence-corrected chi connectivity index (χ4v) is 1.31. The van der Waals surface area contributed by atoms with Crippen LogP contribution < -0.4 is 0 Å². The molecule has 4 nitrogen and oxygen atoms in total. The van der Waals surface area contributed by atoms with Gasteiger partial charge in [-0.1, -0.05) is 0 Å². The van der Waals surface area contributed by atoms with Crippen LogP contribution in [-0.2, 0) is 19.0 Å². The van der Waals surface area contributed by atoms with Crippen LogP contribution in [0.5, 0.6) is 0 Å². The van der Waals surface area contributed by atoms with Gasteiger partial charge in [0.1, 0.15) is 0 Å². The maximum absolute atomic E-state index is 11.2. The number of rotatable bonds is 0. The minimum atomic E-state index is -0.473. The number of fused-ring (bicyclic) bond motifs is 1. The lowest BCUT2D eigenvalue weighted by atomic mass is 10.1. The summed E-state index contributed by atoms with van der Waals surface area (Å²) in [6.45, 7) is 2.18. The molecule has 1 saturated heterocycles. The van der Waals surface area contributed by atoms with E-state index in [2.05, 4.69) is 0 Å². The van der Waals surface area contributed by atoms with E-state index in [1.54, 1.807) is 6.92 Å². The molecule has 0 amide bonds. The van der Waals surface area contributed by atoms with Gasteiger partial charge in [0.25, 0.3) is 0 Å². The minimum Gasteiger partial charge on any atom is -0.492 e. The first-order chi connectivity index (χ1) is 5.77. The van der Waals surface area contributed by atoms with Gasteiger partial charge in [0.15, 0.2) is 24.3 Å². The molecule has 1 unspecified atom stereocenters. The lowest BCUT2D eigenvalue weighted by molar-refractivity contribution is -0.241. The quantitative estimate of drug-likeness (QED) is 0.522. The highest BCUT2D eigenvalue weighted by molar-refractivity contribution is 5.94. The second-order valence-electron chi connectivity index (χ2n) is 2.84. The Kier molecular flexibility index (Phi) is 1.86. The van der Waals surface area contributed by atoms with Crippen LogP contribution in [0.1, 0.15) is 6.92 Å². The van der Waals surface area contributed by atoms with Crippen LogP contribution in [0.15, 0.2) is 12.3 Å². The maximum atomic E-state index is 11.2. The van der Waals surface area contributed by atoms with Crippen LogP contribution in [0.2, 0.25) is 0 Å². The number of ketones is 1. The van der Waals surface area contributed by atoms with Crippen LogP contribution in [0, 0.1) is 0 Å². The molecule has 0 radical (unpaired) electrons. The summed E-state index contributed by atoms with van der Waals surface area (Å²) in [6, 6.07) is 0. The van der Waals surface area contributed by atoms with Gasteiger partial charge in [-0.05, 0) is 6.92 Å². The van der Waals surface area contributed by atoms with E-state index in [9.17, 15) is 4.79 Å². The van der Waals surface area contributed by atoms with Crippen molar-refractivity contribution in [2.75, 3.05) is 6.61 Å². The molecular formula is C8H10O4. The van der Waals surface area contributed by atoms with Crippen LogP contribution in [0.25, 0.3) is 0 Å². The molecule has 2 rings (SSSR count). The molecule has 0 aromatic heterocycles. The van der Waals surface area contributed by atoms with Crippen LogP contribution in [-0.4, -0.2) is 30.9 Å². The Balaban J connectivity index is 2.13. The zero-order valence-electron chi connectivity index (χ0n) is 6.73. The van der Waals surface area contributed by atoms with Crippen molar-refractivity contribution >= 4 is 5.78 Å². The van der Waals surface area contributed by atoms with Gasteiger partial charge >= 0.3 is 0 Å². The van der Waals surface area contributed by atoms with Crippen LogP contribution in [0.4, 0.5) is 0 Å². The highest BCUT2D eigenvalue weighted by Crippen LogP contribution is 2.19. The van der Waals surface area contributed by atoms with Gasteiger partial charge in [-0.25, -0.2) is 0 Å². The standard InChI is InChI=1S/C8H10O4/c1-5-11-4-7-8(12-5)6(9)2-3-10-7/h2-3,5,7-8H,4H2,1H3/t5?,7-,8-/m0/s1. The topological polar surface area (TPSA) is 44.8 Å². The predicted molar refractivity (Wildman–Crippen MR) is 39.3 cm³/mol. The Morgan fingerprint density at radius 2 is 2.42 bits per heavy atom. The number of hydrogen-bond acceptors (Lipinski definition) is 4. The SMILES string of the molecule is CC1OC[C@@H]2OC=CC(=O)[C@@H]2O1. The van der Waals surface area contributed by atoms with Crippen molar-refractivity contribution in [2.24, 2.45) is 0 Å². The normalized spacial score (nSPS) is 40.4. The number of carbonyl (C=O) groups is 1. The predicted octanol–water partition coefficient (Wildman–Crippen LogP) is 0.229. The summed E-state index contributed by atoms with van der Waals surface area (Å²) in [5, 5.41) is 0. The van der Waals surface area contributed by atoms with E-state index < -0.39 is 6.10 Å². The van der Waals surface area contributed by atoms with Gasteiger partial charge in [0.05, 0.1) is 12.9 Å². The third-order valence-electron chi connectivity index (χ3n) is 1.94. The molecule has 2 aliphatic heterocycles. The molecule has 12 heavy (non-hydrogen) atoms. The molecule has 1 fully saturated rings. The summed E-state index contributed by atoms with van der Waals surface area (Å²) >= 11 is 0. The molecule has 0 N–H and O–H groups in total. The smallest absolute Gasteiger partial charge is 0.191 e. The molecule has 66 valence electrons. The number of hydrogen-bond donors (Lipinski definition) is 0. The zero-order chi connectivity index (χ0) is 8.55. The zero-order valence-corrected chi connectivity index (χ0v) is 6.73. The molecule has 0 aliphatic carbocycles. The Bertz CT molecular complexity index is 223. The molecule has 2 aliphatic rings. The summed E-state index contributed by atoms with van der Waals surface area (Å²) in [7, 11) is 0. The van der Waals surface area contributed by atoms with Crippen molar-refractivity contribution in [1.82, 2.24) is 0 Å². The summed E-state index contributed by atoms with van der Waals surface area (Å²) < 4.78 is 15.6. The molecule has 0 saturated carbocycles. The van der Waals surface area contributed by atoms with Crippen molar-refractivity contribution < 1.29 is 19.0 Å². The molecule has 2 heterocycles. The van der Waals surface area contributed by atoms with E-state index in [1.165, 1.54) is 12.3 Å². The van der Waals surface area contributed by atoms with Gasteiger partial charge in [0, 0.05) is 6.08 Å². The monoisotopic (exact) mass is 170 g/mol. The molecule has 3 atom stereocenters. The summed E-state index contributed by atoms with van der Waals surface area (Å²) in [4.78, 5) is 11.2. The van der Waals surface area contributed by atoms with E-state index in [-0.39, 0.29) is 18.2 Å². The number of carbonyl (C=O) groups excluding carboxylic acids is 1. The average molecular weight is 170 g/mol. The lowest BCUT2D eigenvalue weighted by Crippen LogP contribution is -2.49. The summed E-state index contributed by atoms with van der Waals surface area (Å²) in [5.41, 5.74) is 0. The second kappa shape index (κ2) is 2.88. The first-order valence-corrected chi connectivity index (χ1v) is 3.90. The van der Waals surface area contributed by atoms with Gasteiger partial charge in [-0.15, -0.1) is 0 Å². The second-order valence-corrected chi connectivity index (χ2v) is 2.84. The highest BCUT2D eigenvalue weighted by atomic mass is 16.7. The fourth-order valence-electron chi connectivity index (χ4n) is 1.31. The third-order valence-corrected chi connectivity index (χ3v) is 1.94. The van der Waals surface area contributed by atoms with E-state index in [0.717, 1.165) is 0 Å². The molecular weight excluding hydrogens is 160 g/mol. The van der Waals surface area contributed by atoms with E-state index in [4.69, 9.17) is 14.2 Å². The summed E-state index contributed by atoms with van der Waals surface area (Å²) in [5.74, 6) is -0.0404. The van der Waals surface area contributed by atoms with Crippen molar-refractivity contribution in [1.29, 1.82) is 0 Å². The molecule has 4 heteroatoms. The van der Waals surface area contributed by atoms with Gasteiger partial charge in [-0.3, -0.25) is 4.79 Å². The molecule has 0 aromatic carbocycles. The number of ether oxygens (including phenoxy) is 3. The van der Waals surface area contributed by atoms with Crippen LogP contribution in [0.3, 0.4) is 0 Å². The van der Waals surface area contributed by atoms with E-state index in [0.29, 0.717) is 6.61 Å². The Morgan fingerprint density at radius 1 is 1.58 bits per heavy atom. The fraction of sp³-hybridized carbons (Fsp3) is 0.625. The van der Waals surface area contributed by atoms with Gasteiger partial charge in [-0.2, -0.15) is 0 Å². The van der Waals surface area contributed by atoms with Crippen molar-refractivity contribution in [2.45, 2.75) is 25.4 Å². The molecule has 0 aromatic rings. The maximum Gasteiger partial charge on any atom is 0.191 e. The van der Waals surface area contributed by atoms with E-state index >= 15 is 0 Å². The van der Waals surface area contributed by atoms with Crippen molar-refractivity contribution in [3.05, 3.63) is 12.3 Å². The van der Waals surface area contributed by atoms with Crippen molar-refractivity contribution in [3.8, 4) is 0 Å². The van der Waals surface area contributed by atoms with E-state index in [1.807, 2.05) is 0 Å². The largest absolute Gasteiger partial charge is 0.492 e. The average Bonchev–Trinajstić information content (AvgIpc) is 2.07. The molecule has 0 spiro atoms. The van der Waals surface area contributed by atoms with Gasteiger partial charge < -0.3 is 14.2 Å². The summed E-state index contributed by atoms with van der Waals surface area (Å²) in [6.07, 6.45) is 1.73. The Morgan fingerprint density at radius 3 is 3.25 bits per heavy atom. The van der Waals surface area contributed by atoms with Crippen LogP contribution >= 0.6 is 0 Å². The third kappa shape index (κ3) is 1.23. The Hall–Kier alpha value is -0.870. The first kappa shape index (κ1) is 7.76. The van der Waals surface area contributed by atoms with Gasteiger partial charge in [0.2, 0.25) is 0 Å². The minimum absolute atomic E-state index is 0.0404. The molecule has 0 bridgehead atoms. The first-order valence-electron chi connectivity index (χ1n) is 3.90.